The van der Waals surface area contributed by atoms with E-state index in [0.717, 1.165) is 25.2 Å². The zero-order chi connectivity index (χ0) is 38.7. The summed E-state index contributed by atoms with van der Waals surface area (Å²) in [5, 5.41) is 0. The van der Waals surface area contributed by atoms with Gasteiger partial charge in [0.15, 0.2) is 0 Å². The second-order valence-corrected chi connectivity index (χ2v) is 13.1. The van der Waals surface area contributed by atoms with Gasteiger partial charge in [0, 0.05) is 6.61 Å². The quantitative estimate of drug-likeness (QED) is 0.0668. The van der Waals surface area contributed by atoms with E-state index in [9.17, 15) is 0 Å². The van der Waals surface area contributed by atoms with Gasteiger partial charge in [-0.2, -0.15) is 0 Å². The molecule has 0 radical (unpaired) electrons. The maximum Gasteiger partial charge on any atom is 0.119 e. The molecule has 0 aromatic heterocycles. The number of rotatable bonds is 45. The maximum absolute atomic E-state index is 5.79. The van der Waals surface area contributed by atoms with E-state index >= 15 is 0 Å². The highest BCUT2D eigenvalue weighted by atomic mass is 16.6. The lowest BCUT2D eigenvalue weighted by Gasteiger charge is -2.10. The molecule has 1 rings (SSSR count). The minimum absolute atomic E-state index is 0.515. The molecule has 12 nitrogen and oxygen atoms in total. The predicted molar refractivity (Wildman–Crippen MR) is 212 cm³/mol. The molecule has 1 atom stereocenters. The van der Waals surface area contributed by atoms with E-state index in [0.29, 0.717) is 151 Å². The fourth-order valence-electron chi connectivity index (χ4n) is 4.86. The van der Waals surface area contributed by atoms with Crippen molar-refractivity contribution in [3.8, 4) is 5.75 Å². The average molecular weight is 775 g/mol. The van der Waals surface area contributed by atoms with Crippen molar-refractivity contribution in [1.29, 1.82) is 0 Å². The number of hydrogen-bond donors (Lipinski definition) is 0. The second kappa shape index (κ2) is 42.7. The van der Waals surface area contributed by atoms with Crippen LogP contribution in [0, 0.1) is 5.92 Å². The fourth-order valence-corrected chi connectivity index (χ4v) is 4.86. The van der Waals surface area contributed by atoms with Crippen LogP contribution < -0.4 is 4.74 Å². The molecule has 0 amide bonds. The van der Waals surface area contributed by atoms with Crippen LogP contribution in [0.3, 0.4) is 0 Å². The molecule has 1 unspecified atom stereocenters. The third-order valence-corrected chi connectivity index (χ3v) is 8.31. The summed E-state index contributed by atoms with van der Waals surface area (Å²) in [4.78, 5) is 0. The molecular weight excluding hydrogens is 696 g/mol. The highest BCUT2D eigenvalue weighted by molar-refractivity contribution is 5.27. The van der Waals surface area contributed by atoms with Crippen LogP contribution in [0.2, 0.25) is 0 Å². The molecule has 0 aliphatic carbocycles. The minimum Gasteiger partial charge on any atom is -0.491 e. The van der Waals surface area contributed by atoms with Crippen LogP contribution >= 0.6 is 0 Å². The van der Waals surface area contributed by atoms with Gasteiger partial charge >= 0.3 is 0 Å². The SMILES string of the molecule is CCCCCCCCCc1ccc(OCCOCCOCCOCCOCCOCCOCCOCCOCCOCCOCCOCC(C)CC)cc1. The van der Waals surface area contributed by atoms with Crippen LogP contribution in [0.25, 0.3) is 0 Å². The number of ether oxygens (including phenoxy) is 12. The third-order valence-electron chi connectivity index (χ3n) is 8.31. The molecule has 0 spiro atoms. The molecule has 54 heavy (non-hydrogen) atoms. The van der Waals surface area contributed by atoms with Crippen molar-refractivity contribution in [1.82, 2.24) is 0 Å². The fraction of sp³-hybridized carbons (Fsp3) is 0.857. The van der Waals surface area contributed by atoms with Gasteiger partial charge in [0.1, 0.15) is 12.4 Å². The van der Waals surface area contributed by atoms with E-state index in [1.165, 1.54) is 50.5 Å². The maximum atomic E-state index is 5.79. The van der Waals surface area contributed by atoms with E-state index in [1.54, 1.807) is 0 Å². The summed E-state index contributed by atoms with van der Waals surface area (Å²) >= 11 is 0. The standard InChI is InChI=1S/C42H78O12/c1-4-6-7-8-9-10-11-12-41-13-15-42(16-14-41)54-38-37-52-34-33-50-30-29-48-26-25-46-22-21-44-18-17-43-19-20-45-23-24-47-27-28-49-31-32-51-35-36-53-39-40(3)5-2/h13-16,40H,4-12,17-39H2,1-3H3. The zero-order valence-corrected chi connectivity index (χ0v) is 34.4. The van der Waals surface area contributed by atoms with Crippen LogP contribution in [0.15, 0.2) is 24.3 Å². The lowest BCUT2D eigenvalue weighted by molar-refractivity contribution is -0.0280. The van der Waals surface area contributed by atoms with E-state index in [2.05, 4.69) is 45.0 Å². The largest absolute Gasteiger partial charge is 0.491 e. The summed E-state index contributed by atoms with van der Waals surface area (Å²) in [7, 11) is 0. The van der Waals surface area contributed by atoms with Gasteiger partial charge in [-0.15, -0.1) is 0 Å². The first-order valence-electron chi connectivity index (χ1n) is 20.8. The van der Waals surface area contributed by atoms with E-state index in [1.807, 2.05) is 0 Å². The summed E-state index contributed by atoms with van der Waals surface area (Å²) in [5.41, 5.74) is 1.38. The molecule has 0 saturated heterocycles. The number of aryl methyl sites for hydroxylation is 1. The monoisotopic (exact) mass is 775 g/mol. The van der Waals surface area contributed by atoms with Crippen LogP contribution in [-0.4, -0.2) is 152 Å². The third kappa shape index (κ3) is 37.5. The Labute approximate surface area is 328 Å². The molecule has 0 bridgehead atoms. The minimum atomic E-state index is 0.515. The van der Waals surface area contributed by atoms with Crippen molar-refractivity contribution in [2.75, 3.05) is 152 Å². The Morgan fingerprint density at radius 2 is 0.685 bits per heavy atom. The molecule has 1 aromatic rings. The summed E-state index contributed by atoms with van der Waals surface area (Å²) in [6.07, 6.45) is 11.7. The zero-order valence-electron chi connectivity index (χ0n) is 34.4. The van der Waals surface area contributed by atoms with E-state index < -0.39 is 0 Å². The van der Waals surface area contributed by atoms with Crippen molar-refractivity contribution in [2.45, 2.75) is 78.6 Å². The molecule has 12 heteroatoms. The smallest absolute Gasteiger partial charge is 0.119 e. The van der Waals surface area contributed by atoms with Crippen LogP contribution in [0.4, 0.5) is 0 Å². The Morgan fingerprint density at radius 1 is 0.370 bits per heavy atom. The highest BCUT2D eigenvalue weighted by Crippen LogP contribution is 2.15. The Balaban J connectivity index is 1.68. The van der Waals surface area contributed by atoms with E-state index in [-0.39, 0.29) is 0 Å². The molecule has 0 aliphatic heterocycles. The van der Waals surface area contributed by atoms with Crippen molar-refractivity contribution in [2.24, 2.45) is 5.92 Å². The van der Waals surface area contributed by atoms with Gasteiger partial charge in [-0.1, -0.05) is 77.8 Å². The second-order valence-electron chi connectivity index (χ2n) is 13.1. The summed E-state index contributed by atoms with van der Waals surface area (Å²) in [5.74, 6) is 1.48. The number of unbranched alkanes of at least 4 members (excludes halogenated alkanes) is 6. The Kier molecular flexibility index (Phi) is 40.0. The molecule has 1 aromatic carbocycles. The summed E-state index contributed by atoms with van der Waals surface area (Å²) in [6, 6.07) is 8.46. The molecule has 0 aliphatic rings. The van der Waals surface area contributed by atoms with Crippen LogP contribution in [0.5, 0.6) is 5.75 Å². The lowest BCUT2D eigenvalue weighted by atomic mass is 10.0. The Morgan fingerprint density at radius 3 is 1.04 bits per heavy atom. The van der Waals surface area contributed by atoms with Gasteiger partial charge < -0.3 is 56.8 Å². The Hall–Kier alpha value is -1.42. The van der Waals surface area contributed by atoms with Gasteiger partial charge in [-0.3, -0.25) is 0 Å². The van der Waals surface area contributed by atoms with Crippen molar-refractivity contribution < 1.29 is 56.8 Å². The van der Waals surface area contributed by atoms with Gasteiger partial charge in [0.25, 0.3) is 0 Å². The lowest BCUT2D eigenvalue weighted by Crippen LogP contribution is -2.15. The summed E-state index contributed by atoms with van der Waals surface area (Å²) in [6.45, 7) is 19.2. The number of hydrogen-bond acceptors (Lipinski definition) is 12. The highest BCUT2D eigenvalue weighted by Gasteiger charge is 2.00. The first-order chi connectivity index (χ1) is 26.8. The van der Waals surface area contributed by atoms with Crippen molar-refractivity contribution in [3.05, 3.63) is 29.8 Å². The van der Waals surface area contributed by atoms with Crippen LogP contribution in [0.1, 0.15) is 77.7 Å². The predicted octanol–water partition coefficient (Wildman–Crippen LogP) is 6.59. The molecule has 318 valence electrons. The molecule has 0 fully saturated rings. The molecule has 0 saturated carbocycles. The van der Waals surface area contributed by atoms with Crippen molar-refractivity contribution >= 4 is 0 Å². The Bertz CT molecular complexity index is 847. The molecule has 0 heterocycles. The normalized spacial score (nSPS) is 12.1. The van der Waals surface area contributed by atoms with E-state index in [4.69, 9.17) is 56.8 Å². The molecular formula is C42H78O12. The van der Waals surface area contributed by atoms with Gasteiger partial charge in [0.2, 0.25) is 0 Å². The molecule has 0 N–H and O–H groups in total. The van der Waals surface area contributed by atoms with Crippen molar-refractivity contribution in [3.63, 3.8) is 0 Å². The number of benzene rings is 1. The van der Waals surface area contributed by atoms with Gasteiger partial charge in [0.05, 0.1) is 139 Å². The first kappa shape index (κ1) is 50.6. The topological polar surface area (TPSA) is 111 Å². The van der Waals surface area contributed by atoms with Gasteiger partial charge in [-0.25, -0.2) is 0 Å². The first-order valence-corrected chi connectivity index (χ1v) is 20.8. The average Bonchev–Trinajstić information content (AvgIpc) is 3.19. The van der Waals surface area contributed by atoms with Crippen LogP contribution in [-0.2, 0) is 58.5 Å². The summed E-state index contributed by atoms with van der Waals surface area (Å²) < 4.78 is 66.5. The van der Waals surface area contributed by atoms with Gasteiger partial charge in [-0.05, 0) is 36.5 Å².